The van der Waals surface area contributed by atoms with Crippen molar-refractivity contribution in [3.63, 3.8) is 0 Å². The number of anilines is 2. The average molecular weight is 649 g/mol. The molecule has 0 N–H and O–H groups in total. The van der Waals surface area contributed by atoms with Gasteiger partial charge < -0.3 is 24.0 Å². The predicted molar refractivity (Wildman–Crippen MR) is 200 cm³/mol. The highest BCUT2D eigenvalue weighted by Gasteiger charge is 2.46. The van der Waals surface area contributed by atoms with E-state index >= 15 is 0 Å². The van der Waals surface area contributed by atoms with Crippen LogP contribution in [-0.2, 0) is 20.5 Å². The second-order valence-corrected chi connectivity index (χ2v) is 13.8. The summed E-state index contributed by atoms with van der Waals surface area (Å²) in [6.45, 7) is 11.4. The maximum absolute atomic E-state index is 7.63. The summed E-state index contributed by atoms with van der Waals surface area (Å²) in [4.78, 5) is 4.82. The summed E-state index contributed by atoms with van der Waals surface area (Å²) >= 11 is 0. The minimum atomic E-state index is -0.802. The lowest BCUT2D eigenvalue weighted by Crippen LogP contribution is -2.37. The van der Waals surface area contributed by atoms with Crippen molar-refractivity contribution >= 4 is 28.2 Å². The van der Waals surface area contributed by atoms with Gasteiger partial charge in [-0.3, -0.25) is 0 Å². The Labute approximate surface area is 289 Å². The van der Waals surface area contributed by atoms with E-state index in [1.54, 1.807) is 0 Å². The molecular formula is C44H44N2O3. The van der Waals surface area contributed by atoms with Gasteiger partial charge in [0.25, 0.3) is 0 Å². The lowest BCUT2D eigenvalue weighted by Gasteiger charge is -2.40. The van der Waals surface area contributed by atoms with Crippen LogP contribution in [0.5, 0.6) is 5.75 Å². The predicted octanol–water partition coefficient (Wildman–Crippen LogP) is 8.95. The van der Waals surface area contributed by atoms with E-state index in [0.717, 1.165) is 87.7 Å². The van der Waals surface area contributed by atoms with Gasteiger partial charge in [-0.1, -0.05) is 92.7 Å². The van der Waals surface area contributed by atoms with E-state index in [2.05, 4.69) is 133 Å². The van der Waals surface area contributed by atoms with Crippen LogP contribution >= 0.6 is 0 Å². The summed E-state index contributed by atoms with van der Waals surface area (Å²) in [7, 11) is 0. The van der Waals surface area contributed by atoms with Crippen LogP contribution in [0.15, 0.2) is 103 Å². The SMILES string of the molecule is CCC1(CC)c2ccccc2-c2c1c1c(c3ccccc23)OC(c2ccc(N3CCOCC3)cc2)(c2ccc(N3CCOCC3)cc2)C=C1. The maximum Gasteiger partial charge on any atom is 0.178 e. The van der Waals surface area contributed by atoms with Crippen LogP contribution in [-0.4, -0.2) is 52.6 Å². The van der Waals surface area contributed by atoms with Crippen molar-refractivity contribution in [1.82, 2.24) is 0 Å². The Bertz CT molecular complexity index is 1970. The molecule has 1 aliphatic carbocycles. The zero-order valence-electron chi connectivity index (χ0n) is 28.6. The van der Waals surface area contributed by atoms with Gasteiger partial charge in [0.05, 0.1) is 26.4 Å². The Morgan fingerprint density at radius 1 is 0.612 bits per heavy atom. The number of ether oxygens (including phenoxy) is 3. The molecule has 0 amide bonds. The van der Waals surface area contributed by atoms with Crippen LogP contribution in [0.1, 0.15) is 54.5 Å². The number of hydrogen-bond acceptors (Lipinski definition) is 5. The van der Waals surface area contributed by atoms with Crippen molar-refractivity contribution in [3.8, 4) is 16.9 Å². The van der Waals surface area contributed by atoms with E-state index in [1.807, 2.05) is 0 Å². The molecule has 0 saturated carbocycles. The van der Waals surface area contributed by atoms with Gasteiger partial charge in [-0.2, -0.15) is 0 Å². The van der Waals surface area contributed by atoms with Crippen LogP contribution in [0.3, 0.4) is 0 Å². The van der Waals surface area contributed by atoms with E-state index in [9.17, 15) is 0 Å². The van der Waals surface area contributed by atoms with Crippen LogP contribution in [0.25, 0.3) is 28.0 Å². The summed E-state index contributed by atoms with van der Waals surface area (Å²) in [6, 6.07) is 36.1. The van der Waals surface area contributed by atoms with Crippen LogP contribution in [0.4, 0.5) is 11.4 Å². The molecule has 0 aromatic heterocycles. The largest absolute Gasteiger partial charge is 0.472 e. The molecule has 248 valence electrons. The highest BCUT2D eigenvalue weighted by molar-refractivity contribution is 6.08. The Morgan fingerprint density at radius 3 is 1.71 bits per heavy atom. The number of fused-ring (bicyclic) bond motifs is 8. The minimum absolute atomic E-state index is 0.0760. The number of hydrogen-bond donors (Lipinski definition) is 0. The summed E-state index contributed by atoms with van der Waals surface area (Å²) < 4.78 is 18.9. The molecule has 2 fully saturated rings. The van der Waals surface area contributed by atoms with Gasteiger partial charge >= 0.3 is 0 Å². The molecule has 9 rings (SSSR count). The van der Waals surface area contributed by atoms with Gasteiger partial charge in [-0.25, -0.2) is 0 Å². The maximum atomic E-state index is 7.63. The Hall–Kier alpha value is -4.58. The number of nitrogens with zero attached hydrogens (tertiary/aromatic N) is 2. The monoisotopic (exact) mass is 648 g/mol. The van der Waals surface area contributed by atoms with E-state index in [4.69, 9.17) is 14.2 Å². The quantitative estimate of drug-likeness (QED) is 0.184. The van der Waals surface area contributed by atoms with Crippen molar-refractivity contribution in [2.75, 3.05) is 62.4 Å². The second kappa shape index (κ2) is 12.1. The lowest BCUT2D eigenvalue weighted by atomic mass is 9.71. The Balaban J connectivity index is 1.24. The molecule has 0 unspecified atom stereocenters. The van der Waals surface area contributed by atoms with Crippen molar-refractivity contribution in [2.24, 2.45) is 0 Å². The smallest absolute Gasteiger partial charge is 0.178 e. The Kier molecular flexibility index (Phi) is 7.51. The molecule has 0 bridgehead atoms. The molecule has 49 heavy (non-hydrogen) atoms. The molecule has 2 saturated heterocycles. The van der Waals surface area contributed by atoms with Crippen LogP contribution in [0, 0.1) is 0 Å². The van der Waals surface area contributed by atoms with E-state index in [0.29, 0.717) is 0 Å². The third kappa shape index (κ3) is 4.66. The van der Waals surface area contributed by atoms with Crippen LogP contribution in [0.2, 0.25) is 0 Å². The van der Waals surface area contributed by atoms with Gasteiger partial charge in [0.15, 0.2) is 5.60 Å². The third-order valence-corrected chi connectivity index (χ3v) is 11.7. The van der Waals surface area contributed by atoms with Gasteiger partial charge in [0.2, 0.25) is 0 Å². The highest BCUT2D eigenvalue weighted by Crippen LogP contribution is 2.60. The normalized spacial score (nSPS) is 18.9. The summed E-state index contributed by atoms with van der Waals surface area (Å²) in [5.74, 6) is 0.977. The molecular weight excluding hydrogens is 604 g/mol. The summed E-state index contributed by atoms with van der Waals surface area (Å²) in [6.07, 6.45) is 6.78. The van der Waals surface area contributed by atoms with Crippen molar-refractivity contribution in [1.29, 1.82) is 0 Å². The standard InChI is InChI=1S/C44H44N2O3/c1-3-43(4-2)39-12-8-7-11-37(39)40-35-9-5-6-10-36(35)42-38(41(40)43)21-22-44(49-42,31-13-17-33(18-14-31)45-23-27-47-28-24-45)32-15-19-34(20-16-32)46-25-29-48-30-26-46/h5-22H,3-4,23-30H2,1-2H3. The molecule has 4 aliphatic rings. The topological polar surface area (TPSA) is 34.2 Å². The Morgan fingerprint density at radius 2 is 1.14 bits per heavy atom. The molecule has 0 radical (unpaired) electrons. The molecule has 5 heteroatoms. The number of morpholine rings is 2. The fourth-order valence-electron chi connectivity index (χ4n) is 9.07. The summed E-state index contributed by atoms with van der Waals surface area (Å²) in [5.41, 5.74) is 10.6. The second-order valence-electron chi connectivity index (χ2n) is 13.8. The summed E-state index contributed by atoms with van der Waals surface area (Å²) in [5, 5.41) is 2.43. The molecule has 5 aromatic carbocycles. The average Bonchev–Trinajstić information content (AvgIpc) is 3.49. The molecule has 3 heterocycles. The number of benzene rings is 5. The lowest BCUT2D eigenvalue weighted by molar-refractivity contribution is 0.122. The van der Waals surface area contributed by atoms with Gasteiger partial charge in [0.1, 0.15) is 5.75 Å². The first-order valence-corrected chi connectivity index (χ1v) is 18.1. The first kappa shape index (κ1) is 30.5. The molecule has 0 atom stereocenters. The van der Waals surface area contributed by atoms with Gasteiger partial charge in [-0.05, 0) is 70.8 Å². The fourth-order valence-corrected chi connectivity index (χ4v) is 9.07. The van der Waals surface area contributed by atoms with Crippen molar-refractivity contribution < 1.29 is 14.2 Å². The third-order valence-electron chi connectivity index (χ3n) is 11.7. The zero-order valence-corrected chi connectivity index (χ0v) is 28.6. The molecule has 5 aromatic rings. The first-order chi connectivity index (χ1) is 24.2. The van der Waals surface area contributed by atoms with E-state index < -0.39 is 5.60 Å². The first-order valence-electron chi connectivity index (χ1n) is 18.1. The molecule has 0 spiro atoms. The van der Waals surface area contributed by atoms with Crippen molar-refractivity contribution in [3.05, 3.63) is 131 Å². The van der Waals surface area contributed by atoms with Crippen molar-refractivity contribution in [2.45, 2.75) is 37.7 Å². The fraction of sp³-hybridized carbons (Fsp3) is 0.318. The zero-order chi connectivity index (χ0) is 33.0. The van der Waals surface area contributed by atoms with Crippen LogP contribution < -0.4 is 14.5 Å². The van der Waals surface area contributed by atoms with E-state index in [-0.39, 0.29) is 5.41 Å². The molecule has 3 aliphatic heterocycles. The van der Waals surface area contributed by atoms with Gasteiger partial charge in [-0.15, -0.1) is 0 Å². The van der Waals surface area contributed by atoms with Gasteiger partial charge in [0, 0.05) is 65.0 Å². The minimum Gasteiger partial charge on any atom is -0.472 e. The number of rotatable bonds is 6. The molecule has 5 nitrogen and oxygen atoms in total. The highest BCUT2D eigenvalue weighted by atomic mass is 16.5. The van der Waals surface area contributed by atoms with E-state index in [1.165, 1.54) is 44.6 Å².